The molecule has 1 fully saturated rings. The van der Waals surface area contributed by atoms with Crippen LogP contribution in [0.3, 0.4) is 0 Å². The molecule has 0 saturated carbocycles. The fourth-order valence-electron chi connectivity index (χ4n) is 2.52. The molecule has 130 valence electrons. The lowest BCUT2D eigenvalue weighted by Gasteiger charge is -2.19. The highest BCUT2D eigenvalue weighted by Gasteiger charge is 2.15. The van der Waals surface area contributed by atoms with Crippen molar-refractivity contribution in [1.82, 2.24) is 15.2 Å². The molecule has 24 heavy (non-hydrogen) atoms. The van der Waals surface area contributed by atoms with Gasteiger partial charge in [0, 0.05) is 31.0 Å². The number of halogens is 1. The number of carbonyl (C=O) groups is 1. The van der Waals surface area contributed by atoms with Crippen molar-refractivity contribution in [3.63, 3.8) is 0 Å². The van der Waals surface area contributed by atoms with Gasteiger partial charge in [0.25, 0.3) is 0 Å². The fraction of sp³-hybridized carbons (Fsp3) is 0.412. The number of oxazole rings is 1. The summed E-state index contributed by atoms with van der Waals surface area (Å²) in [6.45, 7) is 3.55. The van der Waals surface area contributed by atoms with Crippen molar-refractivity contribution in [2.24, 2.45) is 0 Å². The number of hydrogen-bond donors (Lipinski definition) is 1. The molecule has 3 rings (SSSR count). The Morgan fingerprint density at radius 1 is 1.25 bits per heavy atom. The maximum atomic E-state index is 12.2. The molecule has 0 atom stereocenters. The standard InChI is InChI=1S/C17H21N3O2S.ClH/c21-16(20-9-4-7-18-8-10-20)13-23-12-15-11-22-17(19-15)14-5-2-1-3-6-14;/h1-3,5-6,11,18H,4,7-10,12-13H2;1H. The average Bonchev–Trinajstić information content (AvgIpc) is 2.89. The van der Waals surface area contributed by atoms with Crippen LogP contribution < -0.4 is 5.32 Å². The largest absolute Gasteiger partial charge is 0.444 e. The lowest BCUT2D eigenvalue weighted by Crippen LogP contribution is -2.35. The van der Waals surface area contributed by atoms with Gasteiger partial charge >= 0.3 is 0 Å². The summed E-state index contributed by atoms with van der Waals surface area (Å²) < 4.78 is 5.51. The minimum absolute atomic E-state index is 0. The summed E-state index contributed by atoms with van der Waals surface area (Å²) in [6, 6.07) is 9.83. The predicted molar refractivity (Wildman–Crippen MR) is 99.4 cm³/mol. The predicted octanol–water partition coefficient (Wildman–Crippen LogP) is 2.82. The maximum Gasteiger partial charge on any atom is 0.232 e. The molecular formula is C17H22ClN3O2S. The summed E-state index contributed by atoms with van der Waals surface area (Å²) in [7, 11) is 0. The molecule has 0 bridgehead atoms. The van der Waals surface area contributed by atoms with Gasteiger partial charge in [0.05, 0.1) is 11.4 Å². The first-order valence-corrected chi connectivity index (χ1v) is 9.04. The summed E-state index contributed by atoms with van der Waals surface area (Å²) in [6.07, 6.45) is 2.70. The van der Waals surface area contributed by atoms with E-state index in [0.717, 1.165) is 43.9 Å². The van der Waals surface area contributed by atoms with Gasteiger partial charge in [-0.15, -0.1) is 24.2 Å². The molecular weight excluding hydrogens is 346 g/mol. The minimum Gasteiger partial charge on any atom is -0.444 e. The molecule has 1 N–H and O–H groups in total. The zero-order chi connectivity index (χ0) is 15.9. The first-order chi connectivity index (χ1) is 11.3. The van der Waals surface area contributed by atoms with Crippen molar-refractivity contribution in [2.75, 3.05) is 31.9 Å². The Bertz CT molecular complexity index is 628. The molecule has 0 unspecified atom stereocenters. The molecule has 5 nitrogen and oxygen atoms in total. The van der Waals surface area contributed by atoms with Gasteiger partial charge in [0.15, 0.2) is 0 Å². The van der Waals surface area contributed by atoms with E-state index < -0.39 is 0 Å². The zero-order valence-corrected chi connectivity index (χ0v) is 15.1. The van der Waals surface area contributed by atoms with Gasteiger partial charge < -0.3 is 14.6 Å². The van der Waals surface area contributed by atoms with Crippen molar-refractivity contribution in [1.29, 1.82) is 0 Å². The van der Waals surface area contributed by atoms with Gasteiger partial charge in [-0.3, -0.25) is 4.79 Å². The van der Waals surface area contributed by atoms with Crippen molar-refractivity contribution in [3.8, 4) is 11.5 Å². The van der Waals surface area contributed by atoms with Crippen LogP contribution in [0.2, 0.25) is 0 Å². The van der Waals surface area contributed by atoms with E-state index in [1.807, 2.05) is 35.2 Å². The van der Waals surface area contributed by atoms with Crippen molar-refractivity contribution >= 4 is 30.1 Å². The molecule has 0 spiro atoms. The summed E-state index contributed by atoms with van der Waals surface area (Å²) >= 11 is 1.59. The van der Waals surface area contributed by atoms with Crippen LogP contribution in [0.4, 0.5) is 0 Å². The number of carbonyl (C=O) groups excluding carboxylic acids is 1. The molecule has 1 amide bonds. The van der Waals surface area contributed by atoms with E-state index in [-0.39, 0.29) is 18.3 Å². The molecule has 1 saturated heterocycles. The van der Waals surface area contributed by atoms with Gasteiger partial charge in [0.2, 0.25) is 11.8 Å². The Morgan fingerprint density at radius 2 is 2.08 bits per heavy atom. The Hall–Kier alpha value is -1.50. The third-order valence-electron chi connectivity index (χ3n) is 3.74. The number of hydrogen-bond acceptors (Lipinski definition) is 5. The molecule has 7 heteroatoms. The van der Waals surface area contributed by atoms with Crippen LogP contribution in [0.15, 0.2) is 41.0 Å². The second-order valence-electron chi connectivity index (χ2n) is 5.49. The second-order valence-corrected chi connectivity index (χ2v) is 6.47. The molecule has 1 aliphatic heterocycles. The maximum absolute atomic E-state index is 12.2. The Labute approximate surface area is 152 Å². The number of nitrogens with zero attached hydrogens (tertiary/aromatic N) is 2. The highest BCUT2D eigenvalue weighted by atomic mass is 35.5. The fourth-order valence-corrected chi connectivity index (χ4v) is 3.32. The molecule has 0 radical (unpaired) electrons. The van der Waals surface area contributed by atoms with E-state index in [0.29, 0.717) is 17.4 Å². The smallest absolute Gasteiger partial charge is 0.232 e. The van der Waals surface area contributed by atoms with E-state index in [1.165, 1.54) is 0 Å². The first kappa shape index (κ1) is 18.8. The SMILES string of the molecule is Cl.O=C(CSCc1coc(-c2ccccc2)n1)N1CCCNCC1. The lowest BCUT2D eigenvalue weighted by molar-refractivity contribution is -0.128. The number of thioether (sulfide) groups is 1. The summed E-state index contributed by atoms with van der Waals surface area (Å²) in [5.74, 6) is 2.03. The number of benzene rings is 1. The number of amides is 1. The van der Waals surface area contributed by atoms with Crippen molar-refractivity contribution in [2.45, 2.75) is 12.2 Å². The third-order valence-corrected chi connectivity index (χ3v) is 4.69. The topological polar surface area (TPSA) is 58.4 Å². The van der Waals surface area contributed by atoms with E-state index in [1.54, 1.807) is 18.0 Å². The monoisotopic (exact) mass is 367 g/mol. The molecule has 1 aliphatic rings. The number of aromatic nitrogens is 1. The van der Waals surface area contributed by atoms with Gasteiger partial charge in [-0.2, -0.15) is 0 Å². The van der Waals surface area contributed by atoms with Gasteiger partial charge in [-0.05, 0) is 25.1 Å². The van der Waals surface area contributed by atoms with Gasteiger partial charge in [-0.25, -0.2) is 4.98 Å². The lowest BCUT2D eigenvalue weighted by atomic mass is 10.2. The van der Waals surface area contributed by atoms with E-state index >= 15 is 0 Å². The highest BCUT2D eigenvalue weighted by molar-refractivity contribution is 7.99. The summed E-state index contributed by atoms with van der Waals surface area (Å²) in [5.41, 5.74) is 1.84. The van der Waals surface area contributed by atoms with E-state index in [4.69, 9.17) is 4.42 Å². The summed E-state index contributed by atoms with van der Waals surface area (Å²) in [4.78, 5) is 18.6. The zero-order valence-electron chi connectivity index (χ0n) is 13.4. The van der Waals surface area contributed by atoms with Crippen LogP contribution in [-0.4, -0.2) is 47.7 Å². The van der Waals surface area contributed by atoms with Gasteiger partial charge in [0.1, 0.15) is 6.26 Å². The van der Waals surface area contributed by atoms with Crippen LogP contribution in [0.5, 0.6) is 0 Å². The van der Waals surface area contributed by atoms with Crippen LogP contribution >= 0.6 is 24.2 Å². The number of rotatable bonds is 5. The normalized spacial score (nSPS) is 14.8. The third kappa shape index (κ3) is 5.26. The Balaban J connectivity index is 0.00000208. The summed E-state index contributed by atoms with van der Waals surface area (Å²) in [5, 5.41) is 3.31. The molecule has 2 aromatic rings. The number of nitrogens with one attached hydrogen (secondary N) is 1. The highest BCUT2D eigenvalue weighted by Crippen LogP contribution is 2.20. The van der Waals surface area contributed by atoms with Gasteiger partial charge in [-0.1, -0.05) is 18.2 Å². The Morgan fingerprint density at radius 3 is 2.92 bits per heavy atom. The minimum atomic E-state index is 0. The average molecular weight is 368 g/mol. The van der Waals surface area contributed by atoms with Crippen LogP contribution in [0, 0.1) is 0 Å². The molecule has 1 aromatic heterocycles. The molecule has 1 aromatic carbocycles. The van der Waals surface area contributed by atoms with E-state index in [2.05, 4.69) is 10.3 Å². The van der Waals surface area contributed by atoms with Crippen LogP contribution in [0.1, 0.15) is 12.1 Å². The van der Waals surface area contributed by atoms with Crippen LogP contribution in [-0.2, 0) is 10.5 Å². The molecule has 0 aliphatic carbocycles. The van der Waals surface area contributed by atoms with Crippen molar-refractivity contribution in [3.05, 3.63) is 42.3 Å². The Kier molecular flexibility index (Phi) is 7.62. The van der Waals surface area contributed by atoms with Crippen molar-refractivity contribution < 1.29 is 9.21 Å². The van der Waals surface area contributed by atoms with E-state index in [9.17, 15) is 4.79 Å². The quantitative estimate of drug-likeness (QED) is 0.880. The molecule has 2 heterocycles. The second kappa shape index (κ2) is 9.71. The first-order valence-electron chi connectivity index (χ1n) is 7.89. The van der Waals surface area contributed by atoms with Crippen LogP contribution in [0.25, 0.3) is 11.5 Å².